The molecule has 308 valence electrons. The van der Waals surface area contributed by atoms with Crippen LogP contribution in [0.1, 0.15) is 70.4 Å². The van der Waals surface area contributed by atoms with Gasteiger partial charge in [-0.2, -0.15) is 10.4 Å². The average Bonchev–Trinajstić information content (AvgIpc) is 3.69. The van der Waals surface area contributed by atoms with Crippen LogP contribution in [-0.4, -0.2) is 108 Å². The van der Waals surface area contributed by atoms with Crippen LogP contribution in [0, 0.1) is 11.3 Å². The number of fused-ring (bicyclic) bond motifs is 1. The summed E-state index contributed by atoms with van der Waals surface area (Å²) in [4.78, 5) is 50.0. The van der Waals surface area contributed by atoms with Crippen molar-refractivity contribution < 1.29 is 19.1 Å². The lowest BCUT2D eigenvalue weighted by Gasteiger charge is -2.38. The summed E-state index contributed by atoms with van der Waals surface area (Å²) in [7, 11) is 3.91. The minimum atomic E-state index is -0.613. The van der Waals surface area contributed by atoms with Gasteiger partial charge in [0.25, 0.3) is 0 Å². The maximum atomic E-state index is 13.4. The lowest BCUT2D eigenvalue weighted by Crippen LogP contribution is -2.51. The lowest BCUT2D eigenvalue weighted by molar-refractivity contribution is -0.133. The highest BCUT2D eigenvalue weighted by molar-refractivity contribution is 5.88. The van der Waals surface area contributed by atoms with E-state index in [0.717, 1.165) is 78.3 Å². The number of aromatic nitrogens is 3. The Morgan fingerprint density at radius 2 is 1.54 bits per heavy atom. The molecule has 2 aromatic carbocycles. The molecule has 0 spiro atoms. The molecule has 2 aliphatic heterocycles. The molecule has 0 bridgehead atoms. The van der Waals surface area contributed by atoms with Crippen LogP contribution >= 0.6 is 0 Å². The van der Waals surface area contributed by atoms with Crippen molar-refractivity contribution >= 4 is 34.5 Å². The van der Waals surface area contributed by atoms with Gasteiger partial charge in [-0.3, -0.25) is 14.5 Å². The summed E-state index contributed by atoms with van der Waals surface area (Å²) in [6, 6.07) is 24.9. The minimum Gasteiger partial charge on any atom is -0.483 e. The second-order valence-electron chi connectivity index (χ2n) is 15.4. The van der Waals surface area contributed by atoms with E-state index in [9.17, 15) is 19.6 Å². The number of carbonyl (C=O) groups excluding carboxylic acids is 3. The number of hydrogen-bond donors (Lipinski definition) is 0. The quantitative estimate of drug-likeness (QED) is 0.120. The number of benzene rings is 2. The summed E-state index contributed by atoms with van der Waals surface area (Å²) >= 11 is 0. The molecule has 0 saturated carbocycles. The van der Waals surface area contributed by atoms with Crippen LogP contribution in [0.2, 0.25) is 0 Å². The molecule has 3 aromatic heterocycles. The van der Waals surface area contributed by atoms with E-state index < -0.39 is 6.10 Å². The molecule has 5 heterocycles. The minimum absolute atomic E-state index is 0.0463. The molecular weight excluding hydrogens is 741 g/mol. The van der Waals surface area contributed by atoms with Crippen molar-refractivity contribution in [2.45, 2.75) is 65.4 Å². The van der Waals surface area contributed by atoms with E-state index in [0.29, 0.717) is 49.7 Å². The number of hydrogen-bond acceptors (Lipinski definition) is 10. The Kier molecular flexibility index (Phi) is 14.1. The Balaban J connectivity index is 0.00000288. The molecule has 1 unspecified atom stereocenters. The van der Waals surface area contributed by atoms with E-state index in [2.05, 4.69) is 68.4 Å². The van der Waals surface area contributed by atoms with Crippen LogP contribution in [0.25, 0.3) is 27.8 Å². The number of anilines is 2. The molecule has 7 rings (SSSR count). The van der Waals surface area contributed by atoms with Crippen LogP contribution < -0.4 is 14.5 Å². The maximum absolute atomic E-state index is 13.4. The highest BCUT2D eigenvalue weighted by Gasteiger charge is 2.27. The number of rotatable bonds is 13. The van der Waals surface area contributed by atoms with Crippen LogP contribution in [0.4, 0.5) is 11.5 Å². The fourth-order valence-corrected chi connectivity index (χ4v) is 7.85. The first-order valence-electron chi connectivity index (χ1n) is 20.7. The number of nitrogens with zero attached hydrogens (tertiary/aromatic N) is 8. The second-order valence-corrected chi connectivity index (χ2v) is 15.4. The molecule has 0 aliphatic carbocycles. The van der Waals surface area contributed by atoms with E-state index in [4.69, 9.17) is 4.74 Å². The van der Waals surface area contributed by atoms with E-state index in [1.165, 1.54) is 19.4 Å². The summed E-state index contributed by atoms with van der Waals surface area (Å²) in [6.07, 6.45) is 7.46. The normalized spacial score (nSPS) is 15.2. The molecular formula is C47H56N8O4. The van der Waals surface area contributed by atoms with Gasteiger partial charge in [0.2, 0.25) is 5.91 Å². The fraction of sp³-hybridized carbons (Fsp3) is 0.404. The predicted octanol–water partition coefficient (Wildman–Crippen LogP) is 7.26. The molecule has 59 heavy (non-hydrogen) atoms. The number of amides is 1. The second kappa shape index (κ2) is 19.6. The molecule has 1 amide bonds. The van der Waals surface area contributed by atoms with Crippen molar-refractivity contribution in [3.63, 3.8) is 0 Å². The van der Waals surface area contributed by atoms with Crippen molar-refractivity contribution in [2.24, 2.45) is 0 Å². The van der Waals surface area contributed by atoms with Crippen molar-refractivity contribution in [1.29, 1.82) is 5.26 Å². The van der Waals surface area contributed by atoms with Gasteiger partial charge < -0.3 is 24.2 Å². The molecule has 5 aromatic rings. The van der Waals surface area contributed by atoms with E-state index in [1.807, 2.05) is 74.4 Å². The summed E-state index contributed by atoms with van der Waals surface area (Å²) in [5, 5.41) is 14.3. The van der Waals surface area contributed by atoms with Crippen LogP contribution in [0.15, 0.2) is 85.3 Å². The van der Waals surface area contributed by atoms with Gasteiger partial charge in [0.1, 0.15) is 23.4 Å². The first-order valence-corrected chi connectivity index (χ1v) is 20.7. The largest absolute Gasteiger partial charge is 0.483 e. The lowest BCUT2D eigenvalue weighted by atomic mass is 9.89. The Morgan fingerprint density at radius 3 is 2.14 bits per heavy atom. The standard InChI is InChI=1S/C45H50N8O4.C2H6/c1-31(54)5-15-42(32(2)55)57-40-13-8-33(9-14-40)35-17-19-50(20-18-35)30-44(56)52-23-21-51(22-24-52)39-11-6-34(7-12-39)37-25-41(36-10-16-43(47-27-36)49(3)4)45-38(26-46)28-48-53(45)29-37;1-2/h6-14,16,25,27-29,35,42H,5,15,17-24,30H2,1-4H3;1-2H3. The van der Waals surface area contributed by atoms with Crippen molar-refractivity contribution in [2.75, 3.05) is 69.7 Å². The Morgan fingerprint density at radius 1 is 0.864 bits per heavy atom. The van der Waals surface area contributed by atoms with Gasteiger partial charge in [-0.05, 0) is 106 Å². The van der Waals surface area contributed by atoms with Gasteiger partial charge in [0.05, 0.1) is 23.8 Å². The van der Waals surface area contributed by atoms with Crippen molar-refractivity contribution in [3.05, 3.63) is 96.4 Å². The van der Waals surface area contributed by atoms with Gasteiger partial charge in [-0.15, -0.1) is 0 Å². The third-order valence-electron chi connectivity index (χ3n) is 11.2. The fourth-order valence-electron chi connectivity index (χ4n) is 7.85. The van der Waals surface area contributed by atoms with Crippen molar-refractivity contribution in [1.82, 2.24) is 24.4 Å². The summed E-state index contributed by atoms with van der Waals surface area (Å²) in [6.45, 7) is 12.1. The van der Waals surface area contributed by atoms with Gasteiger partial charge in [-0.25, -0.2) is 9.50 Å². The number of piperazine rings is 1. The molecule has 1 atom stereocenters. The number of piperidine rings is 1. The summed E-state index contributed by atoms with van der Waals surface area (Å²) < 4.78 is 7.69. The Labute approximate surface area is 348 Å². The van der Waals surface area contributed by atoms with E-state index in [1.54, 1.807) is 10.7 Å². The Bertz CT molecular complexity index is 2250. The van der Waals surface area contributed by atoms with E-state index >= 15 is 0 Å². The molecule has 2 saturated heterocycles. The van der Waals surface area contributed by atoms with Crippen molar-refractivity contribution in [3.8, 4) is 34.1 Å². The summed E-state index contributed by atoms with van der Waals surface area (Å²) in [5.41, 5.74) is 7.47. The molecule has 12 nitrogen and oxygen atoms in total. The van der Waals surface area contributed by atoms with Crippen LogP contribution in [0.5, 0.6) is 5.75 Å². The maximum Gasteiger partial charge on any atom is 0.236 e. The SMILES string of the molecule is CC.CC(=O)CCC(Oc1ccc(C2CCN(CC(=O)N3CCN(c4ccc(-c5cc(-c6ccc(N(C)C)nc6)c6c(C#N)cnn6c5)cc4)CC3)CC2)cc1)C(C)=O. The zero-order valence-corrected chi connectivity index (χ0v) is 35.2. The molecule has 0 N–H and O–H groups in total. The van der Waals surface area contributed by atoms with E-state index in [-0.39, 0.29) is 17.5 Å². The zero-order valence-electron chi connectivity index (χ0n) is 35.2. The molecule has 2 fully saturated rings. The number of Topliss-reactive ketones (excluding diaryl/α,β-unsaturated/α-hetero) is 2. The average molecular weight is 797 g/mol. The first kappa shape index (κ1) is 42.5. The molecule has 0 radical (unpaired) electrons. The highest BCUT2D eigenvalue weighted by atomic mass is 16.5. The van der Waals surface area contributed by atoms with Gasteiger partial charge in [0.15, 0.2) is 11.9 Å². The molecule has 2 aliphatic rings. The highest BCUT2D eigenvalue weighted by Crippen LogP contribution is 2.34. The zero-order chi connectivity index (χ0) is 42.1. The number of pyridine rings is 2. The van der Waals surface area contributed by atoms with Crippen LogP contribution in [0.3, 0.4) is 0 Å². The third kappa shape index (κ3) is 10.3. The number of carbonyl (C=O) groups is 3. The topological polar surface area (TPSA) is 127 Å². The monoisotopic (exact) mass is 796 g/mol. The van der Waals surface area contributed by atoms with Gasteiger partial charge in [0, 0.05) is 81.5 Å². The number of nitriles is 1. The third-order valence-corrected chi connectivity index (χ3v) is 11.2. The summed E-state index contributed by atoms with van der Waals surface area (Å²) in [5.74, 6) is 2.05. The predicted molar refractivity (Wildman–Crippen MR) is 233 cm³/mol. The number of ether oxygens (including phenoxy) is 1. The van der Waals surface area contributed by atoms with Crippen LogP contribution in [-0.2, 0) is 14.4 Å². The van der Waals surface area contributed by atoms with Gasteiger partial charge in [-0.1, -0.05) is 38.1 Å². The molecule has 12 heteroatoms. The smallest absolute Gasteiger partial charge is 0.236 e. The first-order chi connectivity index (χ1) is 28.6. The Hall–Kier alpha value is -6.06. The number of ketones is 2. The number of likely N-dealkylation sites (tertiary alicyclic amines) is 1. The van der Waals surface area contributed by atoms with Gasteiger partial charge >= 0.3 is 0 Å².